The molecule has 0 saturated carbocycles. The number of hydrogen-bond acceptors (Lipinski definition) is 1. The van der Waals surface area contributed by atoms with Gasteiger partial charge in [-0.25, -0.2) is 0 Å². The zero-order valence-corrected chi connectivity index (χ0v) is 3.60. The Morgan fingerprint density at radius 1 is 1.86 bits per heavy atom. The fourth-order valence-corrected chi connectivity index (χ4v) is 0.345. The van der Waals surface area contributed by atoms with Crippen LogP contribution in [0, 0.1) is 17.5 Å². The molecule has 2 nitrogen and oxygen atoms in total. The molecule has 33 valence electrons. The van der Waals surface area contributed by atoms with Gasteiger partial charge in [0, 0.05) is 6.20 Å². The van der Waals surface area contributed by atoms with Crippen LogP contribution in [0.2, 0.25) is 0 Å². The SMILES string of the molecule is N#Cc1c[c][nH]c1. The van der Waals surface area contributed by atoms with Crippen LogP contribution in [0.3, 0.4) is 0 Å². The molecule has 7 heavy (non-hydrogen) atoms. The van der Waals surface area contributed by atoms with Crippen molar-refractivity contribution in [1.82, 2.24) is 4.98 Å². The van der Waals surface area contributed by atoms with E-state index in [0.29, 0.717) is 5.56 Å². The monoisotopic (exact) mass is 91.0 g/mol. The van der Waals surface area contributed by atoms with Crippen molar-refractivity contribution in [2.75, 3.05) is 0 Å². The third-order valence-electron chi connectivity index (χ3n) is 0.668. The van der Waals surface area contributed by atoms with E-state index in [-0.39, 0.29) is 0 Å². The van der Waals surface area contributed by atoms with Crippen molar-refractivity contribution in [3.05, 3.63) is 24.0 Å². The van der Waals surface area contributed by atoms with Crippen LogP contribution in [0.15, 0.2) is 12.3 Å². The lowest BCUT2D eigenvalue weighted by Gasteiger charge is -1.62. The summed E-state index contributed by atoms with van der Waals surface area (Å²) >= 11 is 0. The van der Waals surface area contributed by atoms with Crippen molar-refractivity contribution in [2.24, 2.45) is 0 Å². The minimum atomic E-state index is 0.625. The van der Waals surface area contributed by atoms with E-state index in [4.69, 9.17) is 5.26 Å². The smallest absolute Gasteiger partial charge is 0.101 e. The van der Waals surface area contributed by atoms with Crippen LogP contribution in [0.5, 0.6) is 0 Å². The number of aromatic amines is 1. The third-order valence-corrected chi connectivity index (χ3v) is 0.668. The lowest BCUT2D eigenvalue weighted by Crippen LogP contribution is -1.56. The van der Waals surface area contributed by atoms with Crippen LogP contribution in [0.1, 0.15) is 5.56 Å². The highest BCUT2D eigenvalue weighted by molar-refractivity contribution is 5.23. The van der Waals surface area contributed by atoms with Crippen molar-refractivity contribution >= 4 is 0 Å². The number of H-pyrrole nitrogens is 1. The van der Waals surface area contributed by atoms with Gasteiger partial charge in [0.25, 0.3) is 0 Å². The summed E-state index contributed by atoms with van der Waals surface area (Å²) in [7, 11) is 0. The van der Waals surface area contributed by atoms with Gasteiger partial charge >= 0.3 is 0 Å². The Bertz CT molecular complexity index is 168. The van der Waals surface area contributed by atoms with E-state index < -0.39 is 0 Å². The zero-order chi connectivity index (χ0) is 5.11. The lowest BCUT2D eigenvalue weighted by molar-refractivity contribution is 1.39. The number of aromatic nitrogens is 1. The number of nitrogens with one attached hydrogen (secondary N) is 1. The molecule has 1 radical (unpaired) electrons. The number of nitrogens with zero attached hydrogens (tertiary/aromatic N) is 1. The van der Waals surface area contributed by atoms with Crippen LogP contribution in [0.4, 0.5) is 0 Å². The molecular formula is C5H3N2. The highest BCUT2D eigenvalue weighted by Crippen LogP contribution is 1.88. The highest BCUT2D eigenvalue weighted by atomic mass is 14.6. The molecule has 1 aromatic rings. The maximum Gasteiger partial charge on any atom is 0.101 e. The minimum absolute atomic E-state index is 0.625. The summed E-state index contributed by atoms with van der Waals surface area (Å²) in [5.74, 6) is 0. The Kier molecular flexibility index (Phi) is 0.833. The predicted molar refractivity (Wildman–Crippen MR) is 24.3 cm³/mol. The molecule has 1 heterocycles. The average molecular weight is 91.1 g/mol. The number of hydrogen-bond donors (Lipinski definition) is 1. The van der Waals surface area contributed by atoms with Crippen LogP contribution in [-0.4, -0.2) is 4.98 Å². The quantitative estimate of drug-likeness (QED) is 0.501. The fraction of sp³-hybridized carbons (Fsp3) is 0. The van der Waals surface area contributed by atoms with Gasteiger partial charge < -0.3 is 4.98 Å². The molecular weight excluding hydrogens is 88.1 g/mol. The van der Waals surface area contributed by atoms with E-state index in [1.165, 1.54) is 0 Å². The first kappa shape index (κ1) is 3.94. The molecule has 2 heteroatoms. The third kappa shape index (κ3) is 0.606. The maximum absolute atomic E-state index is 8.14. The minimum Gasteiger partial charge on any atom is -0.359 e. The molecule has 0 aliphatic heterocycles. The van der Waals surface area contributed by atoms with E-state index in [1.807, 2.05) is 6.07 Å². The van der Waals surface area contributed by atoms with Crippen molar-refractivity contribution < 1.29 is 0 Å². The van der Waals surface area contributed by atoms with Crippen LogP contribution in [-0.2, 0) is 0 Å². The second-order valence-corrected chi connectivity index (χ2v) is 1.14. The lowest BCUT2D eigenvalue weighted by atomic mass is 10.4. The molecule has 0 saturated heterocycles. The number of rotatable bonds is 0. The van der Waals surface area contributed by atoms with E-state index in [0.717, 1.165) is 0 Å². The van der Waals surface area contributed by atoms with Crippen molar-refractivity contribution in [3.8, 4) is 6.07 Å². The molecule has 0 aliphatic carbocycles. The van der Waals surface area contributed by atoms with Gasteiger partial charge in [0.1, 0.15) is 6.07 Å². The van der Waals surface area contributed by atoms with Gasteiger partial charge in [0.2, 0.25) is 0 Å². The van der Waals surface area contributed by atoms with Crippen LogP contribution < -0.4 is 0 Å². The van der Waals surface area contributed by atoms with Gasteiger partial charge in [-0.3, -0.25) is 0 Å². The number of nitriles is 1. The molecule has 0 spiro atoms. The van der Waals surface area contributed by atoms with E-state index >= 15 is 0 Å². The molecule has 0 aliphatic rings. The first-order valence-electron chi connectivity index (χ1n) is 1.88. The van der Waals surface area contributed by atoms with Crippen molar-refractivity contribution in [3.63, 3.8) is 0 Å². The topological polar surface area (TPSA) is 39.6 Å². The Labute approximate surface area is 41.4 Å². The maximum atomic E-state index is 8.14. The molecule has 0 unspecified atom stereocenters. The summed E-state index contributed by atoms with van der Waals surface area (Å²) in [4.78, 5) is 2.63. The van der Waals surface area contributed by atoms with Crippen molar-refractivity contribution in [1.29, 1.82) is 5.26 Å². The Hall–Kier alpha value is -1.23. The van der Waals surface area contributed by atoms with Gasteiger partial charge in [-0.05, 0) is 6.07 Å². The molecule has 1 N–H and O–H groups in total. The molecule has 0 fully saturated rings. The molecule has 1 aromatic heterocycles. The van der Waals surface area contributed by atoms with Gasteiger partial charge in [0.05, 0.1) is 11.8 Å². The molecule has 0 bridgehead atoms. The molecule has 0 atom stereocenters. The largest absolute Gasteiger partial charge is 0.359 e. The summed E-state index contributed by atoms with van der Waals surface area (Å²) in [5.41, 5.74) is 0.625. The van der Waals surface area contributed by atoms with E-state index in [9.17, 15) is 0 Å². The normalized spacial score (nSPS) is 7.86. The molecule has 0 amide bonds. The highest BCUT2D eigenvalue weighted by Gasteiger charge is 1.81. The summed E-state index contributed by atoms with van der Waals surface area (Å²) in [6.45, 7) is 0. The first-order valence-corrected chi connectivity index (χ1v) is 1.88. The van der Waals surface area contributed by atoms with Gasteiger partial charge in [-0.1, -0.05) is 0 Å². The zero-order valence-electron chi connectivity index (χ0n) is 3.60. The Morgan fingerprint density at radius 2 is 2.71 bits per heavy atom. The summed E-state index contributed by atoms with van der Waals surface area (Å²) in [6, 6.07) is 3.54. The van der Waals surface area contributed by atoms with Crippen molar-refractivity contribution in [2.45, 2.75) is 0 Å². The van der Waals surface area contributed by atoms with Gasteiger partial charge in [0.15, 0.2) is 0 Å². The standard InChI is InChI=1S/C5H3N2/c6-3-5-1-2-7-4-5/h1,4,7H. The summed E-state index contributed by atoms with van der Waals surface area (Å²) in [6.07, 6.45) is 4.23. The van der Waals surface area contributed by atoms with E-state index in [1.54, 1.807) is 12.3 Å². The fourth-order valence-electron chi connectivity index (χ4n) is 0.345. The Morgan fingerprint density at radius 3 is 3.00 bits per heavy atom. The van der Waals surface area contributed by atoms with Crippen LogP contribution >= 0.6 is 0 Å². The average Bonchev–Trinajstić information content (AvgIpc) is 2.14. The predicted octanol–water partition coefficient (Wildman–Crippen LogP) is 0.687. The summed E-state index contributed by atoms with van der Waals surface area (Å²) in [5, 5.41) is 8.14. The molecule has 0 aromatic carbocycles. The second kappa shape index (κ2) is 1.48. The van der Waals surface area contributed by atoms with Crippen LogP contribution in [0.25, 0.3) is 0 Å². The summed E-state index contributed by atoms with van der Waals surface area (Å²) < 4.78 is 0. The first-order chi connectivity index (χ1) is 3.43. The van der Waals surface area contributed by atoms with Gasteiger partial charge in [-0.15, -0.1) is 0 Å². The van der Waals surface area contributed by atoms with E-state index in [2.05, 4.69) is 11.2 Å². The van der Waals surface area contributed by atoms with Gasteiger partial charge in [-0.2, -0.15) is 5.26 Å². The Balaban J connectivity index is 3.04. The molecule has 1 rings (SSSR count). The second-order valence-electron chi connectivity index (χ2n) is 1.14.